The highest BCUT2D eigenvalue weighted by Gasteiger charge is 2.22. The number of carboxylic acid groups (broad SMARTS) is 1. The summed E-state index contributed by atoms with van der Waals surface area (Å²) in [4.78, 5) is 11.1. The van der Waals surface area contributed by atoms with Crippen molar-refractivity contribution >= 4 is 39.0 Å². The second kappa shape index (κ2) is 5.67. The Balaban J connectivity index is 2.85. The van der Waals surface area contributed by atoms with Gasteiger partial charge in [0.1, 0.15) is 0 Å². The molecule has 4 nitrogen and oxygen atoms in total. The average molecular weight is 345 g/mol. The van der Waals surface area contributed by atoms with Gasteiger partial charge in [0.15, 0.2) is 9.84 Å². The number of hydrogen-bond donors (Lipinski definition) is 1. The van der Waals surface area contributed by atoms with E-state index in [4.69, 9.17) is 28.3 Å². The summed E-state index contributed by atoms with van der Waals surface area (Å²) in [5, 5.41) is 9.48. The highest BCUT2D eigenvalue weighted by atomic mass is 35.5. The van der Waals surface area contributed by atoms with Crippen LogP contribution < -0.4 is 0 Å². The van der Waals surface area contributed by atoms with Crippen molar-refractivity contribution in [2.75, 3.05) is 6.26 Å². The van der Waals surface area contributed by atoms with Crippen molar-refractivity contribution in [1.82, 2.24) is 0 Å². The van der Waals surface area contributed by atoms with Gasteiger partial charge in [-0.05, 0) is 29.8 Å². The van der Waals surface area contributed by atoms with Gasteiger partial charge in [-0.1, -0.05) is 35.3 Å². The number of hydrogen-bond acceptors (Lipinski definition) is 3. The fourth-order valence-electron chi connectivity index (χ4n) is 1.92. The molecule has 0 atom stereocenters. The van der Waals surface area contributed by atoms with Gasteiger partial charge < -0.3 is 5.11 Å². The first-order chi connectivity index (χ1) is 9.71. The van der Waals surface area contributed by atoms with Gasteiger partial charge in [0.25, 0.3) is 0 Å². The average Bonchev–Trinajstić information content (AvgIpc) is 2.38. The van der Waals surface area contributed by atoms with Gasteiger partial charge >= 0.3 is 5.97 Å². The van der Waals surface area contributed by atoms with E-state index in [2.05, 4.69) is 0 Å². The summed E-state index contributed by atoms with van der Waals surface area (Å²) >= 11 is 11.9. The van der Waals surface area contributed by atoms with Crippen LogP contribution in [-0.4, -0.2) is 25.7 Å². The normalized spacial score (nSPS) is 11.4. The standard InChI is InChI=1S/C14H10Cl2O4S/c1-21(19,20)11-7-6-10(14(17)18)13(16)12(11)8-2-4-9(15)5-3-8/h2-7H,1H3,(H,17,18). The third-order valence-electron chi connectivity index (χ3n) is 2.87. The van der Waals surface area contributed by atoms with E-state index in [-0.39, 0.29) is 21.0 Å². The summed E-state index contributed by atoms with van der Waals surface area (Å²) < 4.78 is 23.8. The zero-order valence-electron chi connectivity index (χ0n) is 10.8. The Morgan fingerprint density at radius 3 is 2.10 bits per heavy atom. The molecule has 2 rings (SSSR count). The van der Waals surface area contributed by atoms with Crippen molar-refractivity contribution in [2.24, 2.45) is 0 Å². The third-order valence-corrected chi connectivity index (χ3v) is 4.65. The number of benzene rings is 2. The molecule has 0 heterocycles. The highest BCUT2D eigenvalue weighted by Crippen LogP contribution is 2.37. The minimum Gasteiger partial charge on any atom is -0.478 e. The van der Waals surface area contributed by atoms with Crippen LogP contribution in [0.4, 0.5) is 0 Å². The van der Waals surface area contributed by atoms with Gasteiger partial charge in [-0.3, -0.25) is 0 Å². The molecular formula is C14H10Cl2O4S. The van der Waals surface area contributed by atoms with E-state index in [1.807, 2.05) is 0 Å². The number of rotatable bonds is 3. The van der Waals surface area contributed by atoms with E-state index in [1.54, 1.807) is 24.3 Å². The molecule has 0 aliphatic carbocycles. The molecule has 0 radical (unpaired) electrons. The van der Waals surface area contributed by atoms with Gasteiger partial charge in [0.2, 0.25) is 0 Å². The minimum atomic E-state index is -3.57. The number of halogens is 2. The maximum absolute atomic E-state index is 11.9. The SMILES string of the molecule is CS(=O)(=O)c1ccc(C(=O)O)c(Cl)c1-c1ccc(Cl)cc1. The van der Waals surface area contributed by atoms with Crippen LogP contribution in [0.2, 0.25) is 10.0 Å². The van der Waals surface area contributed by atoms with Crippen molar-refractivity contribution in [3.63, 3.8) is 0 Å². The monoisotopic (exact) mass is 344 g/mol. The second-order valence-corrected chi connectivity index (χ2v) is 7.18. The van der Waals surface area contributed by atoms with Crippen LogP contribution in [0, 0.1) is 0 Å². The molecule has 0 aliphatic rings. The van der Waals surface area contributed by atoms with E-state index >= 15 is 0 Å². The first-order valence-corrected chi connectivity index (χ1v) is 8.38. The summed E-state index contributed by atoms with van der Waals surface area (Å²) in [5.41, 5.74) is 0.484. The van der Waals surface area contributed by atoms with Crippen LogP contribution in [0.25, 0.3) is 11.1 Å². The molecule has 0 amide bonds. The maximum Gasteiger partial charge on any atom is 0.337 e. The zero-order chi connectivity index (χ0) is 15.8. The van der Waals surface area contributed by atoms with E-state index < -0.39 is 15.8 Å². The molecule has 0 saturated carbocycles. The van der Waals surface area contributed by atoms with Crippen molar-refractivity contribution in [2.45, 2.75) is 4.90 Å². The number of carbonyl (C=O) groups is 1. The molecule has 110 valence electrons. The molecule has 0 spiro atoms. The summed E-state index contributed by atoms with van der Waals surface area (Å²) in [6, 6.07) is 8.75. The summed E-state index contributed by atoms with van der Waals surface area (Å²) in [6.07, 6.45) is 1.04. The van der Waals surface area contributed by atoms with Crippen LogP contribution in [-0.2, 0) is 9.84 Å². The smallest absolute Gasteiger partial charge is 0.337 e. The van der Waals surface area contributed by atoms with Gasteiger partial charge in [-0.15, -0.1) is 0 Å². The van der Waals surface area contributed by atoms with Gasteiger partial charge in [-0.25, -0.2) is 13.2 Å². The number of carboxylic acids is 1. The molecule has 7 heteroatoms. The largest absolute Gasteiger partial charge is 0.478 e. The first-order valence-electron chi connectivity index (χ1n) is 5.73. The lowest BCUT2D eigenvalue weighted by Gasteiger charge is -2.12. The van der Waals surface area contributed by atoms with E-state index in [0.29, 0.717) is 10.6 Å². The lowest BCUT2D eigenvalue weighted by atomic mass is 10.0. The lowest BCUT2D eigenvalue weighted by molar-refractivity contribution is 0.0697. The van der Waals surface area contributed by atoms with E-state index in [0.717, 1.165) is 6.26 Å². The highest BCUT2D eigenvalue weighted by molar-refractivity contribution is 7.90. The molecule has 0 unspecified atom stereocenters. The number of aromatic carboxylic acids is 1. The predicted octanol–water partition coefficient (Wildman–Crippen LogP) is 3.76. The molecule has 1 N–H and O–H groups in total. The quantitative estimate of drug-likeness (QED) is 0.919. The van der Waals surface area contributed by atoms with Crippen LogP contribution in [0.15, 0.2) is 41.3 Å². The Bertz CT molecular complexity index is 812. The van der Waals surface area contributed by atoms with Gasteiger partial charge in [0, 0.05) is 16.8 Å². The molecule has 21 heavy (non-hydrogen) atoms. The summed E-state index contributed by atoms with van der Waals surface area (Å²) in [7, 11) is -3.57. The van der Waals surface area contributed by atoms with Crippen molar-refractivity contribution < 1.29 is 18.3 Å². The topological polar surface area (TPSA) is 71.4 Å². The minimum absolute atomic E-state index is 0.0279. The van der Waals surface area contributed by atoms with Gasteiger partial charge in [-0.2, -0.15) is 0 Å². The number of sulfone groups is 1. The van der Waals surface area contributed by atoms with Crippen LogP contribution in [0.1, 0.15) is 10.4 Å². The fraction of sp³-hybridized carbons (Fsp3) is 0.0714. The maximum atomic E-state index is 11.9. The van der Waals surface area contributed by atoms with Crippen LogP contribution in [0.3, 0.4) is 0 Å². The van der Waals surface area contributed by atoms with Crippen LogP contribution in [0.5, 0.6) is 0 Å². The molecule has 2 aromatic carbocycles. The summed E-state index contributed by atoms with van der Waals surface area (Å²) in [5.74, 6) is -1.23. The Morgan fingerprint density at radius 1 is 1.05 bits per heavy atom. The van der Waals surface area contributed by atoms with E-state index in [1.165, 1.54) is 12.1 Å². The molecule has 0 aliphatic heterocycles. The molecule has 2 aromatic rings. The van der Waals surface area contributed by atoms with Crippen molar-refractivity contribution in [3.05, 3.63) is 52.0 Å². The van der Waals surface area contributed by atoms with E-state index in [9.17, 15) is 13.2 Å². The second-order valence-electron chi connectivity index (χ2n) is 4.38. The molecule has 0 saturated heterocycles. The Morgan fingerprint density at radius 2 is 1.62 bits per heavy atom. The van der Waals surface area contributed by atoms with Crippen molar-refractivity contribution in [3.8, 4) is 11.1 Å². The Hall–Kier alpha value is -1.56. The zero-order valence-corrected chi connectivity index (χ0v) is 13.1. The van der Waals surface area contributed by atoms with Gasteiger partial charge in [0.05, 0.1) is 15.5 Å². The first kappa shape index (κ1) is 15.8. The summed E-state index contributed by atoms with van der Waals surface area (Å²) in [6.45, 7) is 0. The molecule has 0 fully saturated rings. The Kier molecular flexibility index (Phi) is 4.27. The predicted molar refractivity (Wildman–Crippen MR) is 82.0 cm³/mol. The third kappa shape index (κ3) is 3.20. The molecular weight excluding hydrogens is 335 g/mol. The Labute approximate surface area is 131 Å². The molecule has 0 bridgehead atoms. The van der Waals surface area contributed by atoms with Crippen molar-refractivity contribution in [1.29, 1.82) is 0 Å². The lowest BCUT2D eigenvalue weighted by Crippen LogP contribution is -2.05. The fourth-order valence-corrected chi connectivity index (χ4v) is 3.36. The van der Waals surface area contributed by atoms with Crippen LogP contribution >= 0.6 is 23.2 Å². The molecule has 0 aromatic heterocycles.